The Morgan fingerprint density at radius 3 is 2.89 bits per heavy atom. The molecular weight excluding hydrogens is 256 g/mol. The maximum atomic E-state index is 11.3. The molecule has 1 fully saturated rings. The summed E-state index contributed by atoms with van der Waals surface area (Å²) in [5.74, 6) is -0.0757. The van der Waals surface area contributed by atoms with E-state index in [2.05, 4.69) is 15.5 Å². The lowest BCUT2D eigenvalue weighted by Crippen LogP contribution is -2.10. The van der Waals surface area contributed by atoms with Crippen molar-refractivity contribution in [1.82, 2.24) is 20.2 Å². The predicted molar refractivity (Wildman–Crippen MR) is 63.1 cm³/mol. The van der Waals surface area contributed by atoms with Crippen LogP contribution in [0, 0.1) is 0 Å². The van der Waals surface area contributed by atoms with Gasteiger partial charge in [-0.15, -0.1) is 5.10 Å². The Balaban J connectivity index is 2.19. The molecule has 6 nitrogen and oxygen atoms in total. The molecule has 0 bridgehead atoms. The number of aromatic carboxylic acids is 1. The maximum Gasteiger partial charge on any atom is 0.339 e. The smallest absolute Gasteiger partial charge is 0.339 e. The average Bonchev–Trinajstić information content (AvgIpc) is 3.06. The minimum atomic E-state index is -1.09. The van der Waals surface area contributed by atoms with Gasteiger partial charge in [-0.25, -0.2) is 4.79 Å². The summed E-state index contributed by atoms with van der Waals surface area (Å²) in [4.78, 5) is 11.3. The molecule has 0 amide bonds. The van der Waals surface area contributed by atoms with Gasteiger partial charge in [0.15, 0.2) is 5.82 Å². The first-order chi connectivity index (χ1) is 8.68. The van der Waals surface area contributed by atoms with Crippen molar-refractivity contribution in [3.05, 3.63) is 34.6 Å². The molecule has 1 aliphatic rings. The molecule has 7 heteroatoms. The number of rotatable bonds is 3. The number of carbonyl (C=O) groups is 1. The van der Waals surface area contributed by atoms with Gasteiger partial charge < -0.3 is 5.11 Å². The van der Waals surface area contributed by atoms with Crippen molar-refractivity contribution < 1.29 is 9.90 Å². The molecule has 0 atom stereocenters. The van der Waals surface area contributed by atoms with E-state index in [-0.39, 0.29) is 10.6 Å². The second kappa shape index (κ2) is 4.06. The molecule has 2 aromatic rings. The van der Waals surface area contributed by atoms with E-state index in [0.29, 0.717) is 17.4 Å². The van der Waals surface area contributed by atoms with Crippen LogP contribution in [-0.4, -0.2) is 31.3 Å². The van der Waals surface area contributed by atoms with Gasteiger partial charge in [0.2, 0.25) is 0 Å². The van der Waals surface area contributed by atoms with E-state index in [0.717, 1.165) is 12.8 Å². The molecule has 0 saturated heterocycles. The predicted octanol–water partition coefficient (Wildman–Crippen LogP) is 1.89. The molecule has 1 aliphatic carbocycles. The monoisotopic (exact) mass is 264 g/mol. The van der Waals surface area contributed by atoms with Gasteiger partial charge in [0.05, 0.1) is 10.7 Å². The van der Waals surface area contributed by atoms with E-state index in [4.69, 9.17) is 11.6 Å². The average molecular weight is 265 g/mol. The first-order valence-electron chi connectivity index (χ1n) is 5.49. The fraction of sp³-hybridized carbons (Fsp3) is 0.273. The van der Waals surface area contributed by atoms with Crippen LogP contribution >= 0.6 is 11.6 Å². The van der Waals surface area contributed by atoms with Gasteiger partial charge in [-0.1, -0.05) is 17.7 Å². The van der Waals surface area contributed by atoms with E-state index in [9.17, 15) is 9.90 Å². The van der Waals surface area contributed by atoms with Crippen LogP contribution in [0.2, 0.25) is 5.02 Å². The lowest BCUT2D eigenvalue weighted by molar-refractivity contribution is 0.0697. The standard InChI is InChI=1S/C11H9ClN4O2/c12-7-2-1-3-8(9(7)11(17)18)16-10(6-4-5-6)13-14-15-16/h1-3,6H,4-5H2,(H,17,18). The molecule has 92 valence electrons. The minimum Gasteiger partial charge on any atom is -0.478 e. The molecule has 1 heterocycles. The zero-order valence-electron chi connectivity index (χ0n) is 9.25. The second-order valence-corrected chi connectivity index (χ2v) is 4.57. The van der Waals surface area contributed by atoms with E-state index < -0.39 is 5.97 Å². The Labute approximate surface area is 107 Å². The Bertz CT molecular complexity index is 621. The number of tetrazole rings is 1. The van der Waals surface area contributed by atoms with Crippen LogP contribution in [0.4, 0.5) is 0 Å². The van der Waals surface area contributed by atoms with Crippen molar-refractivity contribution >= 4 is 17.6 Å². The first kappa shape index (κ1) is 11.2. The molecule has 1 N–H and O–H groups in total. The van der Waals surface area contributed by atoms with Crippen LogP contribution in [0.15, 0.2) is 18.2 Å². The third kappa shape index (κ3) is 1.74. The van der Waals surface area contributed by atoms with Crippen LogP contribution in [-0.2, 0) is 0 Å². The van der Waals surface area contributed by atoms with Crippen molar-refractivity contribution in [1.29, 1.82) is 0 Å². The third-order valence-corrected chi connectivity index (χ3v) is 3.18. The van der Waals surface area contributed by atoms with Gasteiger partial charge in [0, 0.05) is 5.92 Å². The molecule has 0 radical (unpaired) electrons. The SMILES string of the molecule is O=C(O)c1c(Cl)cccc1-n1nnnc1C1CC1. The number of aromatic nitrogens is 4. The van der Waals surface area contributed by atoms with Crippen LogP contribution in [0.25, 0.3) is 5.69 Å². The lowest BCUT2D eigenvalue weighted by atomic mass is 10.1. The molecule has 0 spiro atoms. The Morgan fingerprint density at radius 2 is 2.22 bits per heavy atom. The number of carboxylic acid groups (broad SMARTS) is 1. The molecular formula is C11H9ClN4O2. The first-order valence-corrected chi connectivity index (χ1v) is 5.86. The van der Waals surface area contributed by atoms with Gasteiger partial charge in [0.1, 0.15) is 5.56 Å². The van der Waals surface area contributed by atoms with Crippen molar-refractivity contribution in [3.63, 3.8) is 0 Å². The highest BCUT2D eigenvalue weighted by atomic mass is 35.5. The summed E-state index contributed by atoms with van der Waals surface area (Å²) in [7, 11) is 0. The van der Waals surface area contributed by atoms with Gasteiger partial charge in [-0.05, 0) is 35.4 Å². The number of carboxylic acids is 1. The highest BCUT2D eigenvalue weighted by Gasteiger charge is 2.31. The maximum absolute atomic E-state index is 11.3. The summed E-state index contributed by atoms with van der Waals surface area (Å²) in [5.41, 5.74) is 0.426. The van der Waals surface area contributed by atoms with E-state index in [1.807, 2.05) is 0 Å². The minimum absolute atomic E-state index is 0.0216. The Hall–Kier alpha value is -1.95. The summed E-state index contributed by atoms with van der Waals surface area (Å²) >= 11 is 5.93. The molecule has 18 heavy (non-hydrogen) atoms. The summed E-state index contributed by atoms with van der Waals surface area (Å²) < 4.78 is 1.47. The van der Waals surface area contributed by atoms with Gasteiger partial charge in [0.25, 0.3) is 0 Å². The van der Waals surface area contributed by atoms with Crippen LogP contribution in [0.5, 0.6) is 0 Å². The Kier molecular flexibility index (Phi) is 2.52. The molecule has 0 unspecified atom stereocenters. The van der Waals surface area contributed by atoms with Crippen LogP contribution in [0.1, 0.15) is 34.9 Å². The molecule has 1 aromatic heterocycles. The molecule has 1 aromatic carbocycles. The van der Waals surface area contributed by atoms with Crippen LogP contribution < -0.4 is 0 Å². The number of benzene rings is 1. The number of halogens is 1. The van der Waals surface area contributed by atoms with Crippen LogP contribution in [0.3, 0.4) is 0 Å². The highest BCUT2D eigenvalue weighted by molar-refractivity contribution is 6.34. The Morgan fingerprint density at radius 1 is 1.44 bits per heavy atom. The second-order valence-electron chi connectivity index (χ2n) is 4.16. The van der Waals surface area contributed by atoms with Crippen molar-refractivity contribution in [2.75, 3.05) is 0 Å². The topological polar surface area (TPSA) is 80.9 Å². The quantitative estimate of drug-likeness (QED) is 0.916. The fourth-order valence-electron chi connectivity index (χ4n) is 1.86. The third-order valence-electron chi connectivity index (χ3n) is 2.87. The summed E-state index contributed by atoms with van der Waals surface area (Å²) in [6, 6.07) is 4.87. The van der Waals surface area contributed by atoms with Crippen molar-refractivity contribution in [2.45, 2.75) is 18.8 Å². The van der Waals surface area contributed by atoms with E-state index in [1.165, 1.54) is 10.7 Å². The lowest BCUT2D eigenvalue weighted by Gasteiger charge is -2.08. The zero-order chi connectivity index (χ0) is 12.7. The molecule has 0 aliphatic heterocycles. The number of hydrogen-bond acceptors (Lipinski definition) is 4. The largest absolute Gasteiger partial charge is 0.478 e. The van der Waals surface area contributed by atoms with E-state index >= 15 is 0 Å². The normalized spacial score (nSPS) is 14.7. The summed E-state index contributed by atoms with van der Waals surface area (Å²) in [5, 5.41) is 20.8. The van der Waals surface area contributed by atoms with Gasteiger partial charge in [-0.2, -0.15) is 4.68 Å². The molecule has 3 rings (SSSR count). The fourth-order valence-corrected chi connectivity index (χ4v) is 2.11. The van der Waals surface area contributed by atoms with Gasteiger partial charge in [-0.3, -0.25) is 0 Å². The van der Waals surface area contributed by atoms with Crippen molar-refractivity contribution in [3.8, 4) is 5.69 Å². The number of hydrogen-bond donors (Lipinski definition) is 1. The summed E-state index contributed by atoms with van der Waals surface area (Å²) in [6.45, 7) is 0. The number of nitrogens with zero attached hydrogens (tertiary/aromatic N) is 4. The molecule has 1 saturated carbocycles. The van der Waals surface area contributed by atoms with Crippen molar-refractivity contribution in [2.24, 2.45) is 0 Å². The van der Waals surface area contributed by atoms with E-state index in [1.54, 1.807) is 12.1 Å². The summed E-state index contributed by atoms with van der Waals surface area (Å²) in [6.07, 6.45) is 2.06. The highest BCUT2D eigenvalue weighted by Crippen LogP contribution is 2.39. The zero-order valence-corrected chi connectivity index (χ0v) is 10.0. The van der Waals surface area contributed by atoms with Gasteiger partial charge >= 0.3 is 5.97 Å².